The SMILES string of the molecule is COc1ccccc1C(N)CN1CCN(c2cccc3[nH]ccc23)CC1. The van der Waals surface area contributed by atoms with Crippen molar-refractivity contribution in [2.75, 3.05) is 44.7 Å². The Labute approximate surface area is 154 Å². The van der Waals surface area contributed by atoms with Gasteiger partial charge in [-0.25, -0.2) is 0 Å². The topological polar surface area (TPSA) is 57.5 Å². The lowest BCUT2D eigenvalue weighted by Gasteiger charge is -2.37. The maximum absolute atomic E-state index is 6.47. The lowest BCUT2D eigenvalue weighted by molar-refractivity contribution is 0.242. The van der Waals surface area contributed by atoms with E-state index in [1.54, 1.807) is 7.11 Å². The molecule has 1 aliphatic rings. The number of hydrogen-bond donors (Lipinski definition) is 2. The van der Waals surface area contributed by atoms with Crippen molar-refractivity contribution < 1.29 is 4.74 Å². The molecular weight excluding hydrogens is 324 g/mol. The first kappa shape index (κ1) is 16.9. The lowest BCUT2D eigenvalue weighted by atomic mass is 10.1. The van der Waals surface area contributed by atoms with E-state index in [-0.39, 0.29) is 6.04 Å². The molecule has 0 aliphatic carbocycles. The molecule has 2 heterocycles. The molecule has 2 aromatic carbocycles. The van der Waals surface area contributed by atoms with Crippen LogP contribution in [0.5, 0.6) is 5.75 Å². The average molecular weight is 350 g/mol. The molecule has 3 aromatic rings. The number of H-pyrrole nitrogens is 1. The van der Waals surface area contributed by atoms with Crippen LogP contribution in [0.4, 0.5) is 5.69 Å². The first-order valence-corrected chi connectivity index (χ1v) is 9.18. The monoisotopic (exact) mass is 350 g/mol. The van der Waals surface area contributed by atoms with Gasteiger partial charge in [-0.2, -0.15) is 0 Å². The van der Waals surface area contributed by atoms with Gasteiger partial charge in [-0.3, -0.25) is 4.90 Å². The van der Waals surface area contributed by atoms with Gasteiger partial charge in [-0.15, -0.1) is 0 Å². The smallest absolute Gasteiger partial charge is 0.123 e. The first-order chi connectivity index (χ1) is 12.8. The van der Waals surface area contributed by atoms with E-state index in [0.717, 1.165) is 44.0 Å². The van der Waals surface area contributed by atoms with Crippen LogP contribution in [0.2, 0.25) is 0 Å². The number of aromatic nitrogens is 1. The third-order valence-corrected chi connectivity index (χ3v) is 5.28. The summed E-state index contributed by atoms with van der Waals surface area (Å²) in [5.74, 6) is 0.873. The van der Waals surface area contributed by atoms with Crippen LogP contribution in [-0.4, -0.2) is 49.7 Å². The fraction of sp³-hybridized carbons (Fsp3) is 0.333. The molecule has 0 spiro atoms. The molecule has 26 heavy (non-hydrogen) atoms. The molecule has 4 rings (SSSR count). The second kappa shape index (κ2) is 7.40. The van der Waals surface area contributed by atoms with Crippen molar-refractivity contribution in [1.82, 2.24) is 9.88 Å². The highest BCUT2D eigenvalue weighted by molar-refractivity contribution is 5.92. The standard InChI is InChI=1S/C21H26N4O/c1-26-21-8-3-2-5-16(21)18(22)15-24-11-13-25(14-12-24)20-7-4-6-19-17(20)9-10-23-19/h2-10,18,23H,11-15,22H2,1H3. The highest BCUT2D eigenvalue weighted by Crippen LogP contribution is 2.28. The fourth-order valence-corrected chi connectivity index (χ4v) is 3.87. The van der Waals surface area contributed by atoms with Gasteiger partial charge in [0.05, 0.1) is 7.11 Å². The number of aromatic amines is 1. The Kier molecular flexibility index (Phi) is 4.82. The van der Waals surface area contributed by atoms with Crippen molar-refractivity contribution in [3.63, 3.8) is 0 Å². The van der Waals surface area contributed by atoms with Crippen molar-refractivity contribution >= 4 is 16.6 Å². The van der Waals surface area contributed by atoms with Gasteiger partial charge < -0.3 is 20.4 Å². The molecule has 3 N–H and O–H groups in total. The Hall–Kier alpha value is -2.50. The second-order valence-corrected chi connectivity index (χ2v) is 6.85. The molecular formula is C21H26N4O. The molecule has 5 heteroatoms. The minimum atomic E-state index is -0.0363. The third kappa shape index (κ3) is 3.28. The summed E-state index contributed by atoms with van der Waals surface area (Å²) in [6, 6.07) is 16.6. The average Bonchev–Trinajstić information content (AvgIpc) is 3.17. The van der Waals surface area contributed by atoms with Gasteiger partial charge in [0.2, 0.25) is 0 Å². The van der Waals surface area contributed by atoms with E-state index < -0.39 is 0 Å². The van der Waals surface area contributed by atoms with Crippen LogP contribution in [-0.2, 0) is 0 Å². The van der Waals surface area contributed by atoms with Crippen LogP contribution in [0.25, 0.3) is 10.9 Å². The van der Waals surface area contributed by atoms with Gasteiger partial charge in [-0.05, 0) is 24.3 Å². The molecule has 0 bridgehead atoms. The maximum Gasteiger partial charge on any atom is 0.123 e. The zero-order valence-corrected chi connectivity index (χ0v) is 15.2. The Morgan fingerprint density at radius 1 is 1.04 bits per heavy atom. The quantitative estimate of drug-likeness (QED) is 0.743. The summed E-state index contributed by atoms with van der Waals surface area (Å²) in [5, 5.41) is 1.30. The Balaban J connectivity index is 1.40. The number of ether oxygens (including phenoxy) is 1. The number of anilines is 1. The molecule has 5 nitrogen and oxygen atoms in total. The largest absolute Gasteiger partial charge is 0.496 e. The van der Waals surface area contributed by atoms with E-state index >= 15 is 0 Å². The third-order valence-electron chi connectivity index (χ3n) is 5.28. The summed E-state index contributed by atoms with van der Waals surface area (Å²) in [7, 11) is 1.70. The van der Waals surface area contributed by atoms with Gasteiger partial charge in [0.1, 0.15) is 5.75 Å². The van der Waals surface area contributed by atoms with Crippen molar-refractivity contribution in [3.05, 3.63) is 60.3 Å². The number of rotatable bonds is 5. The summed E-state index contributed by atoms with van der Waals surface area (Å²) in [6.45, 7) is 4.92. The zero-order chi connectivity index (χ0) is 17.9. The lowest BCUT2D eigenvalue weighted by Crippen LogP contribution is -2.48. The minimum Gasteiger partial charge on any atom is -0.496 e. The van der Waals surface area contributed by atoms with E-state index in [2.05, 4.69) is 45.1 Å². The van der Waals surface area contributed by atoms with Gasteiger partial charge in [0.25, 0.3) is 0 Å². The number of nitrogens with one attached hydrogen (secondary N) is 1. The normalized spacial score (nSPS) is 16.8. The van der Waals surface area contributed by atoms with Crippen molar-refractivity contribution in [2.45, 2.75) is 6.04 Å². The van der Waals surface area contributed by atoms with Gasteiger partial charge in [0, 0.05) is 67.1 Å². The molecule has 1 unspecified atom stereocenters. The fourth-order valence-electron chi connectivity index (χ4n) is 3.87. The second-order valence-electron chi connectivity index (χ2n) is 6.85. The Morgan fingerprint density at radius 3 is 2.65 bits per heavy atom. The number of fused-ring (bicyclic) bond motifs is 1. The van der Waals surface area contributed by atoms with Gasteiger partial charge in [0.15, 0.2) is 0 Å². The van der Waals surface area contributed by atoms with Crippen LogP contribution >= 0.6 is 0 Å². The molecule has 1 fully saturated rings. The molecule has 1 aromatic heterocycles. The van der Waals surface area contributed by atoms with E-state index in [0.29, 0.717) is 0 Å². The van der Waals surface area contributed by atoms with Crippen LogP contribution < -0.4 is 15.4 Å². The molecule has 0 amide bonds. The number of nitrogens with two attached hydrogens (primary N) is 1. The van der Waals surface area contributed by atoms with E-state index in [4.69, 9.17) is 10.5 Å². The molecule has 0 saturated carbocycles. The van der Waals surface area contributed by atoms with Gasteiger partial charge in [-0.1, -0.05) is 24.3 Å². The van der Waals surface area contributed by atoms with Crippen molar-refractivity contribution in [3.8, 4) is 5.75 Å². The highest BCUT2D eigenvalue weighted by Gasteiger charge is 2.21. The summed E-state index contributed by atoms with van der Waals surface area (Å²) >= 11 is 0. The Morgan fingerprint density at radius 2 is 1.85 bits per heavy atom. The summed E-state index contributed by atoms with van der Waals surface area (Å²) in [5.41, 5.74) is 10.1. The van der Waals surface area contributed by atoms with Crippen LogP contribution in [0.1, 0.15) is 11.6 Å². The maximum atomic E-state index is 6.47. The highest BCUT2D eigenvalue weighted by atomic mass is 16.5. The van der Waals surface area contributed by atoms with E-state index in [1.807, 2.05) is 24.4 Å². The predicted molar refractivity (Wildman–Crippen MR) is 107 cm³/mol. The molecule has 1 atom stereocenters. The summed E-state index contributed by atoms with van der Waals surface area (Å²) < 4.78 is 5.45. The predicted octanol–water partition coefficient (Wildman–Crippen LogP) is 3.00. The number of hydrogen-bond acceptors (Lipinski definition) is 4. The van der Waals surface area contributed by atoms with Crippen molar-refractivity contribution in [1.29, 1.82) is 0 Å². The zero-order valence-electron chi connectivity index (χ0n) is 15.2. The number of para-hydroxylation sites is 1. The van der Waals surface area contributed by atoms with Crippen molar-refractivity contribution in [2.24, 2.45) is 5.73 Å². The Bertz CT molecular complexity index is 867. The summed E-state index contributed by atoms with van der Waals surface area (Å²) in [4.78, 5) is 8.22. The first-order valence-electron chi connectivity index (χ1n) is 9.18. The molecule has 136 valence electrons. The summed E-state index contributed by atoms with van der Waals surface area (Å²) in [6.07, 6.45) is 2.01. The number of nitrogens with zero attached hydrogens (tertiary/aromatic N) is 2. The minimum absolute atomic E-state index is 0.0363. The number of benzene rings is 2. The molecule has 1 saturated heterocycles. The van der Waals surface area contributed by atoms with E-state index in [1.165, 1.54) is 16.6 Å². The number of methoxy groups -OCH3 is 1. The van der Waals surface area contributed by atoms with Crippen LogP contribution in [0.15, 0.2) is 54.7 Å². The van der Waals surface area contributed by atoms with Gasteiger partial charge >= 0.3 is 0 Å². The number of piperazine rings is 1. The molecule has 0 radical (unpaired) electrons. The molecule has 1 aliphatic heterocycles. The van der Waals surface area contributed by atoms with E-state index in [9.17, 15) is 0 Å². The van der Waals surface area contributed by atoms with Crippen LogP contribution in [0.3, 0.4) is 0 Å². The van der Waals surface area contributed by atoms with Crippen LogP contribution in [0, 0.1) is 0 Å².